The second-order valence-electron chi connectivity index (χ2n) is 5.64. The molecule has 7 nitrogen and oxygen atoms in total. The van der Waals surface area contributed by atoms with Gasteiger partial charge in [-0.25, -0.2) is 4.52 Å². The van der Waals surface area contributed by atoms with Crippen LogP contribution in [-0.2, 0) is 9.59 Å². The van der Waals surface area contributed by atoms with Crippen molar-refractivity contribution in [3.05, 3.63) is 10.6 Å². The highest BCUT2D eigenvalue weighted by atomic mass is 32.1. The van der Waals surface area contributed by atoms with Gasteiger partial charge in [0.2, 0.25) is 22.7 Å². The molecule has 0 aromatic carbocycles. The maximum Gasteiger partial charge on any atom is 0.250 e. The van der Waals surface area contributed by atoms with Crippen molar-refractivity contribution < 1.29 is 9.59 Å². The Balaban J connectivity index is 1.65. The topological polar surface area (TPSA) is 79.6 Å². The monoisotopic (exact) mass is 321 g/mol. The number of rotatable bonds is 2. The molecule has 2 aromatic rings. The molecule has 0 spiro atoms. The molecular weight excluding hydrogens is 302 g/mol. The fourth-order valence-corrected chi connectivity index (χ4v) is 3.57. The zero-order valence-corrected chi connectivity index (χ0v) is 13.7. The average Bonchev–Trinajstić information content (AvgIpc) is 2.99. The maximum atomic E-state index is 12.3. The van der Waals surface area contributed by atoms with Crippen LogP contribution < -0.4 is 5.32 Å². The number of hydrogen-bond donors (Lipinski definition) is 1. The number of carbonyl (C=O) groups excluding carboxylic acids is 2. The standard InChI is InChI=1S/C14H19N5O2S/c1-8-9(2)22-14-16-13(17-19(8)14)15-12(21)11-4-6-18(7-5-11)10(3)20/h11H,4-7H2,1-3H3,(H,15,17,21). The van der Waals surface area contributed by atoms with Crippen molar-refractivity contribution in [1.29, 1.82) is 0 Å². The Kier molecular flexibility index (Phi) is 3.86. The Labute approximate surface area is 132 Å². The first-order valence-corrected chi connectivity index (χ1v) is 8.16. The van der Waals surface area contributed by atoms with E-state index in [1.807, 2.05) is 13.8 Å². The highest BCUT2D eigenvalue weighted by Gasteiger charge is 2.26. The molecule has 118 valence electrons. The number of hydrogen-bond acceptors (Lipinski definition) is 5. The number of fused-ring (bicyclic) bond motifs is 1. The third kappa shape index (κ3) is 2.70. The van der Waals surface area contributed by atoms with E-state index < -0.39 is 0 Å². The van der Waals surface area contributed by atoms with Gasteiger partial charge in [-0.2, -0.15) is 4.98 Å². The first-order valence-electron chi connectivity index (χ1n) is 7.35. The lowest BCUT2D eigenvalue weighted by Gasteiger charge is -2.30. The highest BCUT2D eigenvalue weighted by Crippen LogP contribution is 2.22. The molecule has 1 fully saturated rings. The number of carbonyl (C=O) groups is 2. The molecule has 22 heavy (non-hydrogen) atoms. The van der Waals surface area contributed by atoms with Crippen molar-refractivity contribution >= 4 is 34.1 Å². The van der Waals surface area contributed by atoms with Gasteiger partial charge in [-0.1, -0.05) is 11.3 Å². The summed E-state index contributed by atoms with van der Waals surface area (Å²) in [7, 11) is 0. The molecule has 1 N–H and O–H groups in total. The third-order valence-electron chi connectivity index (χ3n) is 4.20. The van der Waals surface area contributed by atoms with Gasteiger partial charge in [-0.05, 0) is 26.7 Å². The SMILES string of the molecule is CC(=O)N1CCC(C(=O)Nc2nc3sc(C)c(C)n3n2)CC1. The minimum Gasteiger partial charge on any atom is -0.343 e. The Morgan fingerprint density at radius 3 is 2.55 bits per heavy atom. The third-order valence-corrected chi connectivity index (χ3v) is 5.24. The van der Waals surface area contributed by atoms with E-state index in [1.54, 1.807) is 27.7 Å². The molecular formula is C14H19N5O2S. The van der Waals surface area contributed by atoms with E-state index in [1.165, 1.54) is 4.88 Å². The summed E-state index contributed by atoms with van der Waals surface area (Å²) in [6.07, 6.45) is 1.37. The predicted molar refractivity (Wildman–Crippen MR) is 83.9 cm³/mol. The molecule has 2 aromatic heterocycles. The van der Waals surface area contributed by atoms with Gasteiger partial charge in [-0.3, -0.25) is 14.9 Å². The van der Waals surface area contributed by atoms with Crippen LogP contribution in [0.4, 0.5) is 5.95 Å². The van der Waals surface area contributed by atoms with Crippen LogP contribution in [0.15, 0.2) is 0 Å². The number of amides is 2. The van der Waals surface area contributed by atoms with Gasteiger partial charge < -0.3 is 4.90 Å². The van der Waals surface area contributed by atoms with Crippen LogP contribution >= 0.6 is 11.3 Å². The predicted octanol–water partition coefficient (Wildman–Crippen LogP) is 1.60. The minimum absolute atomic E-state index is 0.0594. The summed E-state index contributed by atoms with van der Waals surface area (Å²) in [5, 5.41) is 7.13. The fraction of sp³-hybridized carbons (Fsp3) is 0.571. The number of aryl methyl sites for hydroxylation is 2. The fourth-order valence-electron chi connectivity index (χ4n) is 2.66. The van der Waals surface area contributed by atoms with Crippen molar-refractivity contribution in [3.63, 3.8) is 0 Å². The lowest BCUT2D eigenvalue weighted by Crippen LogP contribution is -2.40. The van der Waals surface area contributed by atoms with Crippen LogP contribution in [0.25, 0.3) is 4.96 Å². The van der Waals surface area contributed by atoms with E-state index in [2.05, 4.69) is 15.4 Å². The van der Waals surface area contributed by atoms with Gasteiger partial charge in [0.1, 0.15) is 0 Å². The van der Waals surface area contributed by atoms with E-state index in [0.29, 0.717) is 31.9 Å². The molecule has 0 aliphatic carbocycles. The lowest BCUT2D eigenvalue weighted by molar-refractivity contribution is -0.132. The summed E-state index contributed by atoms with van der Waals surface area (Å²) >= 11 is 1.56. The van der Waals surface area contributed by atoms with Crippen LogP contribution in [0, 0.1) is 19.8 Å². The van der Waals surface area contributed by atoms with E-state index in [4.69, 9.17) is 0 Å². The number of aromatic nitrogens is 3. The number of nitrogens with one attached hydrogen (secondary N) is 1. The number of likely N-dealkylation sites (tertiary alicyclic amines) is 1. The molecule has 8 heteroatoms. The summed E-state index contributed by atoms with van der Waals surface area (Å²) in [6.45, 7) is 6.84. The lowest BCUT2D eigenvalue weighted by atomic mass is 9.96. The molecule has 1 aliphatic rings. The van der Waals surface area contributed by atoms with Gasteiger partial charge in [0.25, 0.3) is 0 Å². The summed E-state index contributed by atoms with van der Waals surface area (Å²) < 4.78 is 1.76. The molecule has 2 amide bonds. The average molecular weight is 321 g/mol. The molecule has 0 unspecified atom stereocenters. The summed E-state index contributed by atoms with van der Waals surface area (Å²) in [5.41, 5.74) is 1.04. The first-order chi connectivity index (χ1) is 10.5. The van der Waals surface area contributed by atoms with Crippen LogP contribution in [0.1, 0.15) is 30.3 Å². The van der Waals surface area contributed by atoms with Crippen molar-refractivity contribution in [1.82, 2.24) is 19.5 Å². The zero-order chi connectivity index (χ0) is 15.9. The van der Waals surface area contributed by atoms with Crippen molar-refractivity contribution in [2.24, 2.45) is 5.92 Å². The second kappa shape index (κ2) is 5.68. The largest absolute Gasteiger partial charge is 0.343 e. The molecule has 0 bridgehead atoms. The Morgan fingerprint density at radius 1 is 1.27 bits per heavy atom. The number of anilines is 1. The van der Waals surface area contributed by atoms with Gasteiger partial charge in [0, 0.05) is 30.8 Å². The van der Waals surface area contributed by atoms with Crippen molar-refractivity contribution in [2.75, 3.05) is 18.4 Å². The number of nitrogens with zero attached hydrogens (tertiary/aromatic N) is 4. The van der Waals surface area contributed by atoms with Crippen molar-refractivity contribution in [3.8, 4) is 0 Å². The molecule has 0 saturated carbocycles. The van der Waals surface area contributed by atoms with Crippen LogP contribution in [0.5, 0.6) is 0 Å². The van der Waals surface area contributed by atoms with Crippen LogP contribution in [0.2, 0.25) is 0 Å². The molecule has 0 atom stereocenters. The Hall–Kier alpha value is -1.96. The normalized spacial score (nSPS) is 16.2. The van der Waals surface area contributed by atoms with E-state index in [9.17, 15) is 9.59 Å². The van der Waals surface area contributed by atoms with Crippen molar-refractivity contribution in [2.45, 2.75) is 33.6 Å². The molecule has 3 rings (SSSR count). The van der Waals surface area contributed by atoms with Gasteiger partial charge in [0.05, 0.1) is 5.69 Å². The Bertz CT molecular complexity index is 727. The molecule has 1 saturated heterocycles. The molecule has 1 aliphatic heterocycles. The summed E-state index contributed by atoms with van der Waals surface area (Å²) in [4.78, 5) is 31.7. The maximum absolute atomic E-state index is 12.3. The highest BCUT2D eigenvalue weighted by molar-refractivity contribution is 7.17. The second-order valence-corrected chi connectivity index (χ2v) is 6.82. The summed E-state index contributed by atoms with van der Waals surface area (Å²) in [5.74, 6) is 0.282. The Morgan fingerprint density at radius 2 is 1.95 bits per heavy atom. The zero-order valence-electron chi connectivity index (χ0n) is 12.9. The minimum atomic E-state index is -0.0834. The van der Waals surface area contributed by atoms with Crippen LogP contribution in [-0.4, -0.2) is 44.4 Å². The first kappa shape index (κ1) is 15.0. The quantitative estimate of drug-likeness (QED) is 0.911. The summed E-state index contributed by atoms with van der Waals surface area (Å²) in [6, 6.07) is 0. The van der Waals surface area contributed by atoms with Crippen LogP contribution in [0.3, 0.4) is 0 Å². The molecule has 0 radical (unpaired) electrons. The number of thiazole rings is 1. The van der Waals surface area contributed by atoms with Gasteiger partial charge >= 0.3 is 0 Å². The van der Waals surface area contributed by atoms with E-state index in [-0.39, 0.29) is 17.7 Å². The van der Waals surface area contributed by atoms with E-state index in [0.717, 1.165) is 10.7 Å². The van der Waals surface area contributed by atoms with Gasteiger partial charge in [0.15, 0.2) is 0 Å². The number of piperidine rings is 1. The smallest absolute Gasteiger partial charge is 0.250 e. The van der Waals surface area contributed by atoms with E-state index >= 15 is 0 Å². The molecule has 3 heterocycles. The van der Waals surface area contributed by atoms with Gasteiger partial charge in [-0.15, -0.1) is 5.10 Å².